The lowest BCUT2D eigenvalue weighted by atomic mass is 10.2. The Balaban J connectivity index is 1.63. The molecule has 6 nitrogen and oxygen atoms in total. The first-order valence-electron chi connectivity index (χ1n) is 8.62. The lowest BCUT2D eigenvalue weighted by molar-refractivity contribution is -0.141. The number of nitrogens with one attached hydrogen (secondary N) is 1. The SMILES string of the molecule is Cc1cc(C(F)(F)F)nn1CCC(=O)Nc1nn(Cc2c(F)cccc2Cl)cc1Cl. The van der Waals surface area contributed by atoms with Crippen LogP contribution in [0.3, 0.4) is 0 Å². The molecule has 0 spiro atoms. The maximum atomic E-state index is 13.9. The zero-order valence-electron chi connectivity index (χ0n) is 15.5. The average molecular weight is 464 g/mol. The number of hydrogen-bond donors (Lipinski definition) is 1. The number of carbonyl (C=O) groups excluding carboxylic acids is 1. The number of benzene rings is 1. The molecule has 2 heterocycles. The van der Waals surface area contributed by atoms with Crippen molar-refractivity contribution in [3.8, 4) is 0 Å². The van der Waals surface area contributed by atoms with Crippen LogP contribution in [0.2, 0.25) is 10.0 Å². The van der Waals surface area contributed by atoms with E-state index in [0.29, 0.717) is 0 Å². The standard InChI is InChI=1S/C18H15Cl2F4N5O/c1-10-7-15(18(22,23)24)26-29(10)6-5-16(30)25-17-13(20)9-28(27-17)8-11-12(19)3-2-4-14(11)21/h2-4,7,9H,5-6,8H2,1H3,(H,25,27,30). The van der Waals surface area contributed by atoms with Gasteiger partial charge in [-0.1, -0.05) is 29.3 Å². The molecule has 3 aromatic rings. The third kappa shape index (κ3) is 5.11. The summed E-state index contributed by atoms with van der Waals surface area (Å²) in [4.78, 5) is 12.2. The van der Waals surface area contributed by atoms with Crippen molar-refractivity contribution in [2.45, 2.75) is 32.6 Å². The Morgan fingerprint density at radius 1 is 1.20 bits per heavy atom. The van der Waals surface area contributed by atoms with Crippen molar-refractivity contribution in [2.75, 3.05) is 5.32 Å². The van der Waals surface area contributed by atoms with E-state index in [1.165, 1.54) is 36.0 Å². The molecular formula is C18H15Cl2F4N5O. The maximum Gasteiger partial charge on any atom is 0.435 e. The van der Waals surface area contributed by atoms with E-state index < -0.39 is 23.6 Å². The van der Waals surface area contributed by atoms with Crippen LogP contribution in [0.5, 0.6) is 0 Å². The first-order valence-corrected chi connectivity index (χ1v) is 9.37. The molecule has 160 valence electrons. The van der Waals surface area contributed by atoms with Crippen LogP contribution in [0.25, 0.3) is 0 Å². The van der Waals surface area contributed by atoms with Crippen LogP contribution in [-0.2, 0) is 24.1 Å². The van der Waals surface area contributed by atoms with Gasteiger partial charge in [0.05, 0.1) is 6.54 Å². The second-order valence-electron chi connectivity index (χ2n) is 6.41. The van der Waals surface area contributed by atoms with Gasteiger partial charge in [-0.15, -0.1) is 0 Å². The van der Waals surface area contributed by atoms with Gasteiger partial charge in [0.2, 0.25) is 5.91 Å². The molecule has 1 aromatic carbocycles. The zero-order valence-corrected chi connectivity index (χ0v) is 17.0. The molecule has 0 atom stereocenters. The topological polar surface area (TPSA) is 64.7 Å². The minimum absolute atomic E-state index is 0.00615. The highest BCUT2D eigenvalue weighted by Gasteiger charge is 2.34. The average Bonchev–Trinajstić information content (AvgIpc) is 3.19. The Bertz CT molecular complexity index is 1060. The highest BCUT2D eigenvalue weighted by molar-refractivity contribution is 6.33. The number of amides is 1. The summed E-state index contributed by atoms with van der Waals surface area (Å²) in [7, 11) is 0. The quantitative estimate of drug-likeness (QED) is 0.527. The molecule has 0 fully saturated rings. The monoisotopic (exact) mass is 463 g/mol. The molecule has 0 saturated heterocycles. The van der Waals surface area contributed by atoms with Crippen molar-refractivity contribution in [3.05, 3.63) is 63.3 Å². The molecule has 0 saturated carbocycles. The summed E-state index contributed by atoms with van der Waals surface area (Å²) in [5, 5.41) is 10.4. The second-order valence-corrected chi connectivity index (χ2v) is 7.23. The third-order valence-corrected chi connectivity index (χ3v) is 4.81. The van der Waals surface area contributed by atoms with Crippen LogP contribution in [0.4, 0.5) is 23.4 Å². The van der Waals surface area contributed by atoms with Gasteiger partial charge in [0, 0.05) is 35.4 Å². The molecule has 0 radical (unpaired) electrons. The summed E-state index contributed by atoms with van der Waals surface area (Å²) in [5.74, 6) is -0.982. The fourth-order valence-corrected chi connectivity index (χ4v) is 3.11. The number of aromatic nitrogens is 4. The molecule has 1 amide bonds. The van der Waals surface area contributed by atoms with Gasteiger partial charge in [-0.25, -0.2) is 4.39 Å². The predicted octanol–water partition coefficient (Wildman–Crippen LogP) is 4.93. The van der Waals surface area contributed by atoms with E-state index in [1.54, 1.807) is 0 Å². The summed E-state index contributed by atoms with van der Waals surface area (Å²) in [6.07, 6.45) is -3.31. The van der Waals surface area contributed by atoms with Crippen molar-refractivity contribution in [2.24, 2.45) is 0 Å². The Morgan fingerprint density at radius 2 is 1.93 bits per heavy atom. The van der Waals surface area contributed by atoms with Crippen LogP contribution in [0, 0.1) is 12.7 Å². The number of alkyl halides is 3. The van der Waals surface area contributed by atoms with Gasteiger partial charge in [-0.05, 0) is 25.1 Å². The van der Waals surface area contributed by atoms with Crippen LogP contribution < -0.4 is 5.32 Å². The number of halogens is 6. The van der Waals surface area contributed by atoms with Crippen LogP contribution in [-0.4, -0.2) is 25.5 Å². The fourth-order valence-electron chi connectivity index (χ4n) is 2.69. The molecule has 1 N–H and O–H groups in total. The molecule has 0 aliphatic carbocycles. The normalized spacial score (nSPS) is 11.7. The summed E-state index contributed by atoms with van der Waals surface area (Å²) in [5.41, 5.74) is -0.529. The molecule has 2 aromatic heterocycles. The number of carbonyl (C=O) groups is 1. The summed E-state index contributed by atoms with van der Waals surface area (Å²) >= 11 is 12.1. The van der Waals surface area contributed by atoms with Gasteiger partial charge in [0.15, 0.2) is 11.5 Å². The van der Waals surface area contributed by atoms with E-state index >= 15 is 0 Å². The molecule has 0 aliphatic heterocycles. The Morgan fingerprint density at radius 3 is 2.57 bits per heavy atom. The Labute approximate surface area is 178 Å². The van der Waals surface area contributed by atoms with Crippen molar-refractivity contribution in [1.29, 1.82) is 0 Å². The smallest absolute Gasteiger partial charge is 0.308 e. The third-order valence-electron chi connectivity index (χ3n) is 4.18. The summed E-state index contributed by atoms with van der Waals surface area (Å²) < 4.78 is 54.5. The second kappa shape index (κ2) is 8.65. The lowest BCUT2D eigenvalue weighted by Crippen LogP contribution is -2.17. The molecular weight excluding hydrogens is 449 g/mol. The summed E-state index contributed by atoms with van der Waals surface area (Å²) in [6, 6.07) is 5.18. The first kappa shape index (κ1) is 22.1. The van der Waals surface area contributed by atoms with E-state index in [2.05, 4.69) is 15.5 Å². The molecule has 12 heteroatoms. The Kier molecular flexibility index (Phi) is 6.37. The van der Waals surface area contributed by atoms with Crippen molar-refractivity contribution in [3.63, 3.8) is 0 Å². The maximum absolute atomic E-state index is 13.9. The molecule has 30 heavy (non-hydrogen) atoms. The number of rotatable bonds is 6. The number of hydrogen-bond acceptors (Lipinski definition) is 3. The van der Waals surface area contributed by atoms with Crippen LogP contribution >= 0.6 is 23.2 Å². The fraction of sp³-hybridized carbons (Fsp3) is 0.278. The van der Waals surface area contributed by atoms with E-state index in [9.17, 15) is 22.4 Å². The van der Waals surface area contributed by atoms with E-state index in [0.717, 1.165) is 10.7 Å². The number of aryl methyl sites for hydroxylation is 2. The van der Waals surface area contributed by atoms with Gasteiger partial charge < -0.3 is 5.32 Å². The molecule has 0 unspecified atom stereocenters. The Hall–Kier alpha value is -2.59. The highest BCUT2D eigenvalue weighted by atomic mass is 35.5. The van der Waals surface area contributed by atoms with Gasteiger partial charge >= 0.3 is 6.18 Å². The molecule has 0 aliphatic rings. The van der Waals surface area contributed by atoms with Crippen molar-refractivity contribution < 1.29 is 22.4 Å². The zero-order chi connectivity index (χ0) is 22.1. The van der Waals surface area contributed by atoms with Crippen molar-refractivity contribution >= 4 is 34.9 Å². The van der Waals surface area contributed by atoms with Gasteiger partial charge in [0.1, 0.15) is 10.8 Å². The minimum Gasteiger partial charge on any atom is -0.308 e. The van der Waals surface area contributed by atoms with Crippen molar-refractivity contribution in [1.82, 2.24) is 19.6 Å². The molecule has 0 bridgehead atoms. The van der Waals surface area contributed by atoms with E-state index in [4.69, 9.17) is 23.2 Å². The minimum atomic E-state index is -4.56. The van der Waals surface area contributed by atoms with E-state index in [1.807, 2.05) is 0 Å². The van der Waals surface area contributed by atoms with Gasteiger partial charge in [-0.3, -0.25) is 14.2 Å². The van der Waals surface area contributed by atoms with Gasteiger partial charge in [0.25, 0.3) is 0 Å². The first-order chi connectivity index (χ1) is 14.0. The predicted molar refractivity (Wildman–Crippen MR) is 103 cm³/mol. The largest absolute Gasteiger partial charge is 0.435 e. The van der Waals surface area contributed by atoms with E-state index in [-0.39, 0.29) is 46.6 Å². The summed E-state index contributed by atoms with van der Waals surface area (Å²) in [6.45, 7) is 1.40. The highest BCUT2D eigenvalue weighted by Crippen LogP contribution is 2.28. The van der Waals surface area contributed by atoms with Crippen LogP contribution in [0.1, 0.15) is 23.4 Å². The van der Waals surface area contributed by atoms with Gasteiger partial charge in [-0.2, -0.15) is 23.4 Å². The molecule has 3 rings (SSSR count). The number of anilines is 1. The van der Waals surface area contributed by atoms with Crippen LogP contribution in [0.15, 0.2) is 30.5 Å². The lowest BCUT2D eigenvalue weighted by Gasteiger charge is -2.06. The number of nitrogens with zero attached hydrogens (tertiary/aromatic N) is 4.